The quantitative estimate of drug-likeness (QED) is 0.697. The van der Waals surface area contributed by atoms with Gasteiger partial charge in [0.2, 0.25) is 5.91 Å². The van der Waals surface area contributed by atoms with Gasteiger partial charge in [-0.1, -0.05) is 0 Å². The van der Waals surface area contributed by atoms with Gasteiger partial charge in [0, 0.05) is 18.6 Å². The van der Waals surface area contributed by atoms with E-state index in [1.54, 1.807) is 0 Å². The van der Waals surface area contributed by atoms with Crippen molar-refractivity contribution in [3.8, 4) is 0 Å². The van der Waals surface area contributed by atoms with E-state index >= 15 is 0 Å². The van der Waals surface area contributed by atoms with Crippen molar-refractivity contribution in [1.29, 1.82) is 0 Å². The van der Waals surface area contributed by atoms with Gasteiger partial charge in [-0.15, -0.1) is 0 Å². The average molecular weight is 214 g/mol. The van der Waals surface area contributed by atoms with Crippen molar-refractivity contribution in [3.05, 3.63) is 0 Å². The van der Waals surface area contributed by atoms with E-state index in [9.17, 15) is 9.90 Å². The van der Waals surface area contributed by atoms with Crippen LogP contribution >= 0.6 is 0 Å². The molecule has 1 fully saturated rings. The van der Waals surface area contributed by atoms with Crippen LogP contribution in [0.5, 0.6) is 0 Å². The van der Waals surface area contributed by atoms with E-state index in [0.29, 0.717) is 6.54 Å². The summed E-state index contributed by atoms with van der Waals surface area (Å²) in [7, 11) is 0. The zero-order chi connectivity index (χ0) is 11.6. The van der Waals surface area contributed by atoms with Crippen molar-refractivity contribution in [2.45, 2.75) is 51.8 Å². The molecule has 0 aromatic carbocycles. The lowest BCUT2D eigenvalue weighted by molar-refractivity contribution is -0.127. The molecule has 1 saturated heterocycles. The van der Waals surface area contributed by atoms with E-state index in [1.807, 2.05) is 32.6 Å². The number of nitrogens with one attached hydrogen (secondary N) is 1. The monoisotopic (exact) mass is 214 g/mol. The third kappa shape index (κ3) is 3.80. The molecular formula is C11H22N2O2. The lowest BCUT2D eigenvalue weighted by Crippen LogP contribution is -2.50. The normalized spacial score (nSPS) is 25.3. The standard InChI is InChI=1S/C11H22N2O2/c1-8(10(15)12-11(2,3)4)13-6-5-9(14)7-13/h8-9,14H,5-7H2,1-4H3,(H,12,15)/t8?,9-/m0/s1. The predicted molar refractivity (Wildman–Crippen MR) is 59.6 cm³/mol. The molecule has 88 valence electrons. The maximum Gasteiger partial charge on any atom is 0.237 e. The number of carbonyl (C=O) groups excluding carboxylic acids is 1. The molecule has 1 aliphatic heterocycles. The highest BCUT2D eigenvalue weighted by atomic mass is 16.3. The number of rotatable bonds is 2. The molecule has 2 N–H and O–H groups in total. The molecule has 0 aromatic heterocycles. The smallest absolute Gasteiger partial charge is 0.237 e. The Hall–Kier alpha value is -0.610. The summed E-state index contributed by atoms with van der Waals surface area (Å²) in [5, 5.41) is 12.3. The van der Waals surface area contributed by atoms with Gasteiger partial charge in [-0.25, -0.2) is 0 Å². The number of hydrogen-bond acceptors (Lipinski definition) is 3. The van der Waals surface area contributed by atoms with E-state index in [-0.39, 0.29) is 23.6 Å². The summed E-state index contributed by atoms with van der Waals surface area (Å²) in [5.74, 6) is 0.0385. The van der Waals surface area contributed by atoms with E-state index in [0.717, 1.165) is 13.0 Å². The molecule has 4 heteroatoms. The van der Waals surface area contributed by atoms with E-state index < -0.39 is 0 Å². The summed E-state index contributed by atoms with van der Waals surface area (Å²) in [6, 6.07) is -0.152. The topological polar surface area (TPSA) is 52.6 Å². The number of aliphatic hydroxyl groups excluding tert-OH is 1. The Labute approximate surface area is 91.6 Å². The van der Waals surface area contributed by atoms with Gasteiger partial charge in [0.25, 0.3) is 0 Å². The van der Waals surface area contributed by atoms with Gasteiger partial charge < -0.3 is 10.4 Å². The zero-order valence-corrected chi connectivity index (χ0v) is 10.1. The number of nitrogens with zero attached hydrogens (tertiary/aromatic N) is 1. The Morgan fingerprint density at radius 2 is 2.13 bits per heavy atom. The second kappa shape index (κ2) is 4.49. The summed E-state index contributed by atoms with van der Waals surface area (Å²) < 4.78 is 0. The van der Waals surface area contributed by atoms with Crippen LogP contribution < -0.4 is 5.32 Å². The SMILES string of the molecule is CC(C(=O)NC(C)(C)C)N1CC[C@H](O)C1. The first kappa shape index (κ1) is 12.5. The molecule has 0 spiro atoms. The maximum absolute atomic E-state index is 11.8. The minimum Gasteiger partial charge on any atom is -0.392 e. The second-order valence-corrected chi connectivity index (χ2v) is 5.35. The molecule has 0 bridgehead atoms. The number of amides is 1. The fraction of sp³-hybridized carbons (Fsp3) is 0.909. The maximum atomic E-state index is 11.8. The third-order valence-electron chi connectivity index (χ3n) is 2.62. The fourth-order valence-corrected chi connectivity index (χ4v) is 1.76. The van der Waals surface area contributed by atoms with Crippen LogP contribution in [0.1, 0.15) is 34.1 Å². The van der Waals surface area contributed by atoms with Crippen LogP contribution in [0.2, 0.25) is 0 Å². The van der Waals surface area contributed by atoms with Gasteiger partial charge >= 0.3 is 0 Å². The third-order valence-corrected chi connectivity index (χ3v) is 2.62. The summed E-state index contributed by atoms with van der Waals surface area (Å²) in [6.45, 7) is 9.21. The van der Waals surface area contributed by atoms with Crippen molar-refractivity contribution in [3.63, 3.8) is 0 Å². The minimum absolute atomic E-state index is 0.0385. The van der Waals surface area contributed by atoms with Crippen LogP contribution in [0.3, 0.4) is 0 Å². The summed E-state index contributed by atoms with van der Waals surface area (Å²) in [6.07, 6.45) is 0.502. The van der Waals surface area contributed by atoms with Crippen molar-refractivity contribution in [2.75, 3.05) is 13.1 Å². The number of hydrogen-bond donors (Lipinski definition) is 2. The Morgan fingerprint density at radius 3 is 2.53 bits per heavy atom. The van der Waals surface area contributed by atoms with E-state index in [1.165, 1.54) is 0 Å². The van der Waals surface area contributed by atoms with Crippen molar-refractivity contribution >= 4 is 5.91 Å². The Bertz CT molecular complexity index is 235. The zero-order valence-electron chi connectivity index (χ0n) is 10.1. The van der Waals surface area contributed by atoms with Crippen LogP contribution in [0, 0.1) is 0 Å². The van der Waals surface area contributed by atoms with E-state index in [4.69, 9.17) is 0 Å². The van der Waals surface area contributed by atoms with Gasteiger partial charge in [0.05, 0.1) is 12.1 Å². The largest absolute Gasteiger partial charge is 0.392 e. The summed E-state index contributed by atoms with van der Waals surface area (Å²) >= 11 is 0. The molecule has 0 aliphatic carbocycles. The van der Waals surface area contributed by atoms with Crippen molar-refractivity contribution < 1.29 is 9.90 Å². The summed E-state index contributed by atoms with van der Waals surface area (Å²) in [4.78, 5) is 13.8. The Balaban J connectivity index is 2.46. The highest BCUT2D eigenvalue weighted by Crippen LogP contribution is 2.13. The van der Waals surface area contributed by atoms with Crippen LogP contribution in [0.25, 0.3) is 0 Å². The molecule has 2 atom stereocenters. The fourth-order valence-electron chi connectivity index (χ4n) is 1.76. The van der Waals surface area contributed by atoms with Crippen LogP contribution in [0.15, 0.2) is 0 Å². The Kier molecular flexibility index (Phi) is 3.73. The van der Waals surface area contributed by atoms with Gasteiger partial charge in [-0.3, -0.25) is 9.69 Å². The van der Waals surface area contributed by atoms with Gasteiger partial charge in [-0.05, 0) is 34.1 Å². The molecule has 15 heavy (non-hydrogen) atoms. The van der Waals surface area contributed by atoms with E-state index in [2.05, 4.69) is 5.32 Å². The van der Waals surface area contributed by atoms with Gasteiger partial charge in [0.15, 0.2) is 0 Å². The Morgan fingerprint density at radius 1 is 1.53 bits per heavy atom. The van der Waals surface area contributed by atoms with Crippen LogP contribution in [-0.4, -0.2) is 46.7 Å². The first-order chi connectivity index (χ1) is 6.79. The lowest BCUT2D eigenvalue weighted by Gasteiger charge is -2.28. The van der Waals surface area contributed by atoms with Crippen molar-refractivity contribution in [1.82, 2.24) is 10.2 Å². The number of aliphatic hydroxyl groups is 1. The average Bonchev–Trinajstić information content (AvgIpc) is 2.47. The molecule has 4 nitrogen and oxygen atoms in total. The second-order valence-electron chi connectivity index (χ2n) is 5.35. The van der Waals surface area contributed by atoms with Crippen LogP contribution in [0.4, 0.5) is 0 Å². The number of carbonyl (C=O) groups is 1. The molecule has 0 radical (unpaired) electrons. The molecule has 1 amide bonds. The first-order valence-corrected chi connectivity index (χ1v) is 5.54. The summed E-state index contributed by atoms with van der Waals surface area (Å²) in [5.41, 5.74) is -0.191. The van der Waals surface area contributed by atoms with Gasteiger partial charge in [-0.2, -0.15) is 0 Å². The lowest BCUT2D eigenvalue weighted by atomic mass is 10.1. The highest BCUT2D eigenvalue weighted by Gasteiger charge is 2.29. The molecule has 1 heterocycles. The molecule has 1 aliphatic rings. The number of β-amino-alcohol motifs (C(OH)–C–C–N with tert-alkyl or cyclic N) is 1. The van der Waals surface area contributed by atoms with Crippen molar-refractivity contribution in [2.24, 2.45) is 0 Å². The molecular weight excluding hydrogens is 192 g/mol. The minimum atomic E-state index is -0.269. The predicted octanol–water partition coefficient (Wildman–Crippen LogP) is 0.356. The molecule has 0 saturated carbocycles. The van der Waals surface area contributed by atoms with Crippen LogP contribution in [-0.2, 0) is 4.79 Å². The highest BCUT2D eigenvalue weighted by molar-refractivity contribution is 5.82. The molecule has 1 rings (SSSR count). The molecule has 0 aromatic rings. The first-order valence-electron chi connectivity index (χ1n) is 5.54. The molecule has 1 unspecified atom stereocenters. The van der Waals surface area contributed by atoms with Gasteiger partial charge in [0.1, 0.15) is 0 Å². The number of likely N-dealkylation sites (tertiary alicyclic amines) is 1.